The lowest BCUT2D eigenvalue weighted by Crippen LogP contribution is -2.58. The molecule has 1 aliphatic carbocycles. The molecule has 3 heterocycles. The van der Waals surface area contributed by atoms with Gasteiger partial charge in [0.25, 0.3) is 16.4 Å². The quantitative estimate of drug-likeness (QED) is 0.762. The third-order valence-corrected chi connectivity index (χ3v) is 8.19. The number of morpholine rings is 1. The topological polar surface area (TPSA) is 67.7 Å². The number of hydrogen-bond acceptors (Lipinski definition) is 5. The number of aryl methyl sites for hydroxylation is 2. The van der Waals surface area contributed by atoms with Gasteiger partial charge in [0, 0.05) is 39.3 Å². The molecule has 1 spiro atoms. The summed E-state index contributed by atoms with van der Waals surface area (Å²) in [4.78, 5) is 2.44. The van der Waals surface area contributed by atoms with Gasteiger partial charge in [0.15, 0.2) is 5.03 Å². The standard InChI is InChI=1S/C17H26F2N4O3S/c1-12-14(15(18)19)16(21(2)20-12)27(24,25)23-10-17(11-23)4-3-13(9-17)22-5-7-26-8-6-22/h13,15H,3-11H2,1-2H3. The highest BCUT2D eigenvalue weighted by Gasteiger charge is 2.54. The first-order valence-electron chi connectivity index (χ1n) is 9.37. The van der Waals surface area contributed by atoms with Crippen LogP contribution in [0.3, 0.4) is 0 Å². The van der Waals surface area contributed by atoms with Crippen molar-refractivity contribution >= 4 is 10.0 Å². The van der Waals surface area contributed by atoms with Gasteiger partial charge >= 0.3 is 0 Å². The molecule has 0 amide bonds. The van der Waals surface area contributed by atoms with Gasteiger partial charge in [-0.05, 0) is 31.6 Å². The second kappa shape index (κ2) is 6.75. The zero-order chi connectivity index (χ0) is 19.4. The fraction of sp³-hybridized carbons (Fsp3) is 0.824. The van der Waals surface area contributed by atoms with E-state index in [1.165, 1.54) is 18.3 Å². The molecule has 0 N–H and O–H groups in total. The van der Waals surface area contributed by atoms with E-state index in [9.17, 15) is 17.2 Å². The minimum absolute atomic E-state index is 0.0192. The van der Waals surface area contributed by atoms with Gasteiger partial charge in [-0.1, -0.05) is 0 Å². The Bertz CT molecular complexity index is 814. The molecule has 2 saturated heterocycles. The molecule has 27 heavy (non-hydrogen) atoms. The number of aromatic nitrogens is 2. The van der Waals surface area contributed by atoms with Crippen molar-refractivity contribution in [1.29, 1.82) is 0 Å². The van der Waals surface area contributed by atoms with E-state index in [-0.39, 0.29) is 16.1 Å². The van der Waals surface area contributed by atoms with Crippen LogP contribution in [0.2, 0.25) is 0 Å². The molecule has 7 nitrogen and oxygen atoms in total. The number of hydrogen-bond donors (Lipinski definition) is 0. The Hall–Kier alpha value is -1.10. The summed E-state index contributed by atoms with van der Waals surface area (Å²) < 4.78 is 60.7. The van der Waals surface area contributed by atoms with Gasteiger partial charge in [0.1, 0.15) is 0 Å². The van der Waals surface area contributed by atoms with Crippen molar-refractivity contribution < 1.29 is 21.9 Å². The summed E-state index contributed by atoms with van der Waals surface area (Å²) >= 11 is 0. The average Bonchev–Trinajstić information content (AvgIpc) is 3.16. The Kier molecular flexibility index (Phi) is 4.81. The summed E-state index contributed by atoms with van der Waals surface area (Å²) in [7, 11) is -2.57. The fourth-order valence-corrected chi connectivity index (χ4v) is 6.94. The van der Waals surface area contributed by atoms with Crippen molar-refractivity contribution in [3.63, 3.8) is 0 Å². The zero-order valence-electron chi connectivity index (χ0n) is 15.7. The highest BCUT2D eigenvalue weighted by Crippen LogP contribution is 2.49. The monoisotopic (exact) mass is 404 g/mol. The predicted molar refractivity (Wildman–Crippen MR) is 94.1 cm³/mol. The smallest absolute Gasteiger partial charge is 0.268 e. The normalized spacial score (nSPS) is 26.8. The molecular formula is C17H26F2N4O3S. The van der Waals surface area contributed by atoms with Crippen LogP contribution in [0.15, 0.2) is 5.03 Å². The summed E-state index contributed by atoms with van der Waals surface area (Å²) in [5.41, 5.74) is -0.431. The first-order chi connectivity index (χ1) is 12.7. The molecule has 1 saturated carbocycles. The summed E-state index contributed by atoms with van der Waals surface area (Å²) in [5, 5.41) is 3.55. The minimum Gasteiger partial charge on any atom is -0.379 e. The van der Waals surface area contributed by atoms with E-state index in [0.717, 1.165) is 50.2 Å². The molecule has 2 aliphatic heterocycles. The summed E-state index contributed by atoms with van der Waals surface area (Å²) in [6.07, 6.45) is 0.134. The molecule has 3 aliphatic rings. The van der Waals surface area contributed by atoms with Crippen molar-refractivity contribution in [2.24, 2.45) is 12.5 Å². The Balaban J connectivity index is 1.48. The minimum atomic E-state index is -3.97. The lowest BCUT2D eigenvalue weighted by Gasteiger charge is -2.47. The first kappa shape index (κ1) is 19.2. The van der Waals surface area contributed by atoms with E-state index in [1.54, 1.807) is 0 Å². The third kappa shape index (κ3) is 3.20. The molecule has 0 radical (unpaired) electrons. The Morgan fingerprint density at radius 1 is 1.26 bits per heavy atom. The highest BCUT2D eigenvalue weighted by atomic mass is 32.2. The van der Waals surface area contributed by atoms with Gasteiger partial charge in [-0.25, -0.2) is 17.2 Å². The van der Waals surface area contributed by atoms with Crippen molar-refractivity contribution in [1.82, 2.24) is 19.0 Å². The summed E-state index contributed by atoms with van der Waals surface area (Å²) in [5.74, 6) is 0. The van der Waals surface area contributed by atoms with E-state index in [1.807, 2.05) is 0 Å². The molecule has 4 rings (SSSR count). The van der Waals surface area contributed by atoms with Crippen molar-refractivity contribution in [2.75, 3.05) is 39.4 Å². The van der Waals surface area contributed by atoms with Gasteiger partial charge in [-0.2, -0.15) is 9.40 Å². The highest BCUT2D eigenvalue weighted by molar-refractivity contribution is 7.89. The van der Waals surface area contributed by atoms with E-state index in [2.05, 4.69) is 10.00 Å². The van der Waals surface area contributed by atoms with Crippen LogP contribution in [-0.4, -0.2) is 72.8 Å². The molecule has 1 unspecified atom stereocenters. The average molecular weight is 404 g/mol. The van der Waals surface area contributed by atoms with Gasteiger partial charge in [-0.15, -0.1) is 0 Å². The molecule has 0 aromatic carbocycles. The first-order valence-corrected chi connectivity index (χ1v) is 10.8. The molecule has 1 atom stereocenters. The number of halogens is 2. The van der Waals surface area contributed by atoms with Crippen LogP contribution in [0, 0.1) is 12.3 Å². The lowest BCUT2D eigenvalue weighted by molar-refractivity contribution is 0.00808. The van der Waals surface area contributed by atoms with Crippen LogP contribution in [0.4, 0.5) is 8.78 Å². The zero-order valence-corrected chi connectivity index (χ0v) is 16.5. The summed E-state index contributed by atoms with van der Waals surface area (Å²) in [6, 6.07) is 0.467. The SMILES string of the molecule is Cc1nn(C)c(S(=O)(=O)N2CC3(CCC(N4CCOCC4)C3)C2)c1C(F)F. The Morgan fingerprint density at radius 3 is 2.56 bits per heavy atom. The lowest BCUT2D eigenvalue weighted by atomic mass is 9.80. The molecule has 1 aromatic rings. The van der Waals surface area contributed by atoms with Gasteiger partial charge in [0.2, 0.25) is 0 Å². The second-order valence-corrected chi connectivity index (χ2v) is 9.90. The van der Waals surface area contributed by atoms with Gasteiger partial charge in [-0.3, -0.25) is 9.58 Å². The molecular weight excluding hydrogens is 378 g/mol. The van der Waals surface area contributed by atoms with Crippen LogP contribution >= 0.6 is 0 Å². The molecule has 152 valence electrons. The number of alkyl halides is 2. The maximum absolute atomic E-state index is 13.4. The van der Waals surface area contributed by atoms with E-state index in [0.29, 0.717) is 19.1 Å². The third-order valence-electron chi connectivity index (χ3n) is 6.28. The Morgan fingerprint density at radius 2 is 1.93 bits per heavy atom. The predicted octanol–water partition coefficient (Wildman–Crippen LogP) is 1.54. The molecule has 0 bridgehead atoms. The van der Waals surface area contributed by atoms with Crippen molar-refractivity contribution in [3.05, 3.63) is 11.3 Å². The van der Waals surface area contributed by atoms with E-state index >= 15 is 0 Å². The Labute approximate surface area is 158 Å². The number of sulfonamides is 1. The fourth-order valence-electron chi connectivity index (χ4n) is 4.92. The van der Waals surface area contributed by atoms with Crippen LogP contribution in [0.1, 0.15) is 36.9 Å². The number of nitrogens with zero attached hydrogens (tertiary/aromatic N) is 4. The van der Waals surface area contributed by atoms with Crippen molar-refractivity contribution in [2.45, 2.75) is 43.7 Å². The van der Waals surface area contributed by atoms with Crippen LogP contribution in [0.5, 0.6) is 0 Å². The second-order valence-electron chi connectivity index (χ2n) is 8.05. The van der Waals surface area contributed by atoms with Gasteiger partial charge < -0.3 is 4.74 Å². The number of ether oxygens (including phenoxy) is 1. The van der Waals surface area contributed by atoms with Crippen LogP contribution < -0.4 is 0 Å². The molecule has 3 fully saturated rings. The number of rotatable bonds is 4. The molecule has 1 aromatic heterocycles. The van der Waals surface area contributed by atoms with E-state index < -0.39 is 22.0 Å². The molecule has 10 heteroatoms. The van der Waals surface area contributed by atoms with Crippen LogP contribution in [0.25, 0.3) is 0 Å². The maximum atomic E-state index is 13.4. The van der Waals surface area contributed by atoms with E-state index in [4.69, 9.17) is 4.74 Å². The van der Waals surface area contributed by atoms with Crippen LogP contribution in [-0.2, 0) is 21.8 Å². The summed E-state index contributed by atoms with van der Waals surface area (Å²) in [6.45, 7) is 5.58. The maximum Gasteiger partial charge on any atom is 0.268 e. The van der Waals surface area contributed by atoms with Crippen molar-refractivity contribution in [3.8, 4) is 0 Å². The largest absolute Gasteiger partial charge is 0.379 e. The van der Waals surface area contributed by atoms with Gasteiger partial charge in [0.05, 0.1) is 24.5 Å².